The summed E-state index contributed by atoms with van der Waals surface area (Å²) in [7, 11) is 1.91. The highest BCUT2D eigenvalue weighted by atomic mass is 35.5. The van der Waals surface area contributed by atoms with Crippen molar-refractivity contribution < 1.29 is 0 Å². The molecule has 0 unspecified atom stereocenters. The quantitative estimate of drug-likeness (QED) is 0.752. The first-order valence-corrected chi connectivity index (χ1v) is 7.10. The lowest BCUT2D eigenvalue weighted by atomic mass is 10.2. The Morgan fingerprint density at radius 3 is 3.11 bits per heavy atom. The summed E-state index contributed by atoms with van der Waals surface area (Å²) in [4.78, 5) is 8.42. The number of nitrogens with zero attached hydrogens (tertiary/aromatic N) is 4. The maximum absolute atomic E-state index is 5.91. The Morgan fingerprint density at radius 2 is 2.32 bits per heavy atom. The van der Waals surface area contributed by atoms with E-state index in [1.165, 1.54) is 5.56 Å². The van der Waals surface area contributed by atoms with Gasteiger partial charge in [-0.05, 0) is 35.0 Å². The van der Waals surface area contributed by atoms with Crippen LogP contribution in [0.15, 0.2) is 23.8 Å². The van der Waals surface area contributed by atoms with Crippen molar-refractivity contribution in [3.05, 3.63) is 34.7 Å². The van der Waals surface area contributed by atoms with Crippen LogP contribution in [0.5, 0.6) is 0 Å². The van der Waals surface area contributed by atoms with Gasteiger partial charge in [0.2, 0.25) is 5.28 Å². The summed E-state index contributed by atoms with van der Waals surface area (Å²) >= 11 is 7.52. The van der Waals surface area contributed by atoms with Crippen molar-refractivity contribution in [2.24, 2.45) is 7.05 Å². The third-order valence-corrected chi connectivity index (χ3v) is 3.82. The second-order valence-electron chi connectivity index (χ2n) is 4.18. The summed E-state index contributed by atoms with van der Waals surface area (Å²) in [6.07, 6.45) is 4.77. The molecule has 0 bridgehead atoms. The topological polar surface area (TPSA) is 55.6 Å². The van der Waals surface area contributed by atoms with Gasteiger partial charge in [-0.2, -0.15) is 10.1 Å². The van der Waals surface area contributed by atoms with E-state index in [0.717, 1.165) is 29.0 Å². The Labute approximate surface area is 119 Å². The molecule has 7 heteroatoms. The van der Waals surface area contributed by atoms with Crippen LogP contribution in [0.4, 0.5) is 5.82 Å². The van der Waals surface area contributed by atoms with E-state index < -0.39 is 0 Å². The second kappa shape index (κ2) is 5.14. The van der Waals surface area contributed by atoms with Crippen molar-refractivity contribution >= 4 is 39.0 Å². The van der Waals surface area contributed by atoms with Crippen molar-refractivity contribution in [3.63, 3.8) is 0 Å². The zero-order valence-corrected chi connectivity index (χ0v) is 11.9. The van der Waals surface area contributed by atoms with Gasteiger partial charge in [-0.3, -0.25) is 4.68 Å². The molecule has 0 saturated heterocycles. The SMILES string of the molecule is Cn1cc(CCNc2nc(Cl)nc3ccsc23)cn1. The van der Waals surface area contributed by atoms with Crippen LogP contribution in [0, 0.1) is 0 Å². The maximum atomic E-state index is 5.91. The Bertz CT molecular complexity index is 705. The number of rotatable bonds is 4. The van der Waals surface area contributed by atoms with Crippen LogP contribution in [-0.4, -0.2) is 26.3 Å². The minimum Gasteiger partial charge on any atom is -0.368 e. The lowest BCUT2D eigenvalue weighted by Gasteiger charge is -2.05. The van der Waals surface area contributed by atoms with Gasteiger partial charge >= 0.3 is 0 Å². The average molecular weight is 294 g/mol. The zero-order chi connectivity index (χ0) is 13.2. The largest absolute Gasteiger partial charge is 0.368 e. The van der Waals surface area contributed by atoms with Crippen molar-refractivity contribution in [2.45, 2.75) is 6.42 Å². The molecule has 0 spiro atoms. The zero-order valence-electron chi connectivity index (χ0n) is 10.3. The summed E-state index contributed by atoms with van der Waals surface area (Å²) in [6.45, 7) is 0.784. The summed E-state index contributed by atoms with van der Waals surface area (Å²) in [5.74, 6) is 0.800. The molecular formula is C12H12ClN5S. The first-order valence-electron chi connectivity index (χ1n) is 5.84. The summed E-state index contributed by atoms with van der Waals surface area (Å²) in [5, 5.41) is 9.71. The van der Waals surface area contributed by atoms with Gasteiger partial charge in [-0.25, -0.2) is 4.98 Å². The van der Waals surface area contributed by atoms with Crippen LogP contribution in [-0.2, 0) is 13.5 Å². The molecule has 0 atom stereocenters. The highest BCUT2D eigenvalue weighted by Gasteiger charge is 2.07. The van der Waals surface area contributed by atoms with E-state index in [-0.39, 0.29) is 5.28 Å². The Morgan fingerprint density at radius 1 is 1.42 bits per heavy atom. The molecule has 1 N–H and O–H groups in total. The highest BCUT2D eigenvalue weighted by Crippen LogP contribution is 2.27. The molecule has 3 aromatic rings. The summed E-state index contributed by atoms with van der Waals surface area (Å²) in [5.41, 5.74) is 2.08. The van der Waals surface area contributed by atoms with E-state index >= 15 is 0 Å². The number of anilines is 1. The molecule has 19 heavy (non-hydrogen) atoms. The fraction of sp³-hybridized carbons (Fsp3) is 0.250. The second-order valence-corrected chi connectivity index (χ2v) is 5.43. The Hall–Kier alpha value is -1.66. The number of aromatic nitrogens is 4. The van der Waals surface area contributed by atoms with Crippen LogP contribution in [0.1, 0.15) is 5.56 Å². The third kappa shape index (κ3) is 2.69. The molecule has 0 fully saturated rings. The Kier molecular flexibility index (Phi) is 3.35. The van der Waals surface area contributed by atoms with Gasteiger partial charge < -0.3 is 5.32 Å². The lowest BCUT2D eigenvalue weighted by Crippen LogP contribution is -2.06. The molecule has 0 aliphatic rings. The third-order valence-electron chi connectivity index (χ3n) is 2.74. The minimum absolute atomic E-state index is 0.273. The number of halogens is 1. The Balaban J connectivity index is 1.73. The molecule has 5 nitrogen and oxygen atoms in total. The van der Waals surface area contributed by atoms with E-state index in [1.54, 1.807) is 16.0 Å². The molecular weight excluding hydrogens is 282 g/mol. The summed E-state index contributed by atoms with van der Waals surface area (Å²) < 4.78 is 2.84. The predicted octanol–water partition coefficient (Wildman–Crippen LogP) is 2.73. The summed E-state index contributed by atoms with van der Waals surface area (Å²) in [6, 6.07) is 1.94. The van der Waals surface area contributed by atoms with E-state index in [1.807, 2.05) is 30.9 Å². The molecule has 0 aromatic carbocycles. The first-order chi connectivity index (χ1) is 9.22. The fourth-order valence-electron chi connectivity index (χ4n) is 1.88. The van der Waals surface area contributed by atoms with Gasteiger partial charge in [0, 0.05) is 19.8 Å². The van der Waals surface area contributed by atoms with Gasteiger partial charge in [-0.1, -0.05) is 0 Å². The molecule has 0 aliphatic heterocycles. The molecule has 0 aliphatic carbocycles. The van der Waals surface area contributed by atoms with Gasteiger partial charge in [0.15, 0.2) is 0 Å². The standard InChI is InChI=1S/C12H12ClN5S/c1-18-7-8(6-15-18)2-4-14-11-10-9(3-5-19-10)16-12(13)17-11/h3,5-7H,2,4H2,1H3,(H,14,16,17). The molecule has 3 aromatic heterocycles. The number of thiophene rings is 1. The number of hydrogen-bond acceptors (Lipinski definition) is 5. The van der Waals surface area contributed by atoms with Crippen LogP contribution < -0.4 is 5.32 Å². The number of nitrogens with one attached hydrogen (secondary N) is 1. The molecule has 0 amide bonds. The highest BCUT2D eigenvalue weighted by molar-refractivity contribution is 7.17. The minimum atomic E-state index is 0.273. The average Bonchev–Trinajstić information content (AvgIpc) is 2.98. The smallest absolute Gasteiger partial charge is 0.224 e. The van der Waals surface area contributed by atoms with Gasteiger partial charge in [0.25, 0.3) is 0 Å². The van der Waals surface area contributed by atoms with Gasteiger partial charge in [0.05, 0.1) is 16.4 Å². The molecule has 3 rings (SSSR count). The lowest BCUT2D eigenvalue weighted by molar-refractivity contribution is 0.767. The van der Waals surface area contributed by atoms with Gasteiger partial charge in [-0.15, -0.1) is 11.3 Å². The van der Waals surface area contributed by atoms with E-state index in [4.69, 9.17) is 11.6 Å². The normalized spacial score (nSPS) is 11.1. The molecule has 0 radical (unpaired) electrons. The van der Waals surface area contributed by atoms with E-state index in [9.17, 15) is 0 Å². The van der Waals surface area contributed by atoms with Crippen LogP contribution >= 0.6 is 22.9 Å². The predicted molar refractivity (Wildman–Crippen MR) is 77.8 cm³/mol. The van der Waals surface area contributed by atoms with E-state index in [0.29, 0.717) is 0 Å². The van der Waals surface area contributed by atoms with Crippen molar-refractivity contribution in [1.82, 2.24) is 19.7 Å². The maximum Gasteiger partial charge on any atom is 0.224 e. The first kappa shape index (κ1) is 12.4. The molecule has 0 saturated carbocycles. The molecule has 98 valence electrons. The van der Waals surface area contributed by atoms with Crippen molar-refractivity contribution in [3.8, 4) is 0 Å². The van der Waals surface area contributed by atoms with E-state index in [2.05, 4.69) is 20.4 Å². The fourth-order valence-corrected chi connectivity index (χ4v) is 2.85. The molecule has 3 heterocycles. The number of fused-ring (bicyclic) bond motifs is 1. The number of hydrogen-bond donors (Lipinski definition) is 1. The van der Waals surface area contributed by atoms with Crippen LogP contribution in [0.3, 0.4) is 0 Å². The van der Waals surface area contributed by atoms with Crippen LogP contribution in [0.2, 0.25) is 5.28 Å². The monoisotopic (exact) mass is 293 g/mol. The van der Waals surface area contributed by atoms with Crippen molar-refractivity contribution in [2.75, 3.05) is 11.9 Å². The number of aryl methyl sites for hydroxylation is 1. The van der Waals surface area contributed by atoms with Crippen LogP contribution in [0.25, 0.3) is 10.2 Å². The van der Waals surface area contributed by atoms with Crippen molar-refractivity contribution in [1.29, 1.82) is 0 Å². The van der Waals surface area contributed by atoms with Gasteiger partial charge in [0.1, 0.15) is 5.82 Å².